The van der Waals surface area contributed by atoms with Crippen LogP contribution in [0.15, 0.2) is 0 Å². The molecule has 0 aromatic rings. The lowest BCUT2D eigenvalue weighted by Crippen LogP contribution is -2.54. The summed E-state index contributed by atoms with van der Waals surface area (Å²) >= 11 is 0. The van der Waals surface area contributed by atoms with Crippen LogP contribution in [0.4, 0.5) is 0 Å². The molecule has 0 radical (unpaired) electrons. The first-order valence-electron chi connectivity index (χ1n) is 6.03. The number of nitrogens with zero attached hydrogens (tertiary/aromatic N) is 1. The Kier molecular flexibility index (Phi) is 6.16. The van der Waals surface area contributed by atoms with Crippen LogP contribution in [0.5, 0.6) is 0 Å². The maximum atomic E-state index is 12.2. The molecule has 100 valence electrons. The normalized spacial score (nSPS) is 13.2. The molecule has 0 spiro atoms. The van der Waals surface area contributed by atoms with Gasteiger partial charge in [0.25, 0.3) is 0 Å². The zero-order chi connectivity index (χ0) is 13.6. The molecular formula is C12H24N2O3. The average Bonchev–Trinajstić information content (AvgIpc) is 2.25. The number of carbonyl (C=O) groups excluding carboxylic acids is 1. The highest BCUT2D eigenvalue weighted by molar-refractivity contribution is 5.87. The Labute approximate surface area is 103 Å². The van der Waals surface area contributed by atoms with Crippen molar-refractivity contribution in [3.05, 3.63) is 0 Å². The first kappa shape index (κ1) is 15.9. The third-order valence-electron chi connectivity index (χ3n) is 3.04. The van der Waals surface area contributed by atoms with Crippen LogP contribution in [0.3, 0.4) is 0 Å². The first-order chi connectivity index (χ1) is 7.78. The summed E-state index contributed by atoms with van der Waals surface area (Å²) in [5, 5.41) is 9.14. The standard InChI is InChI=1S/C12H24N2O3/c1-5-14(12(3,4)11(16)17)10(15)9(2)7-6-8-13/h9H,5-8,13H2,1-4H3,(H,16,17). The maximum Gasteiger partial charge on any atom is 0.329 e. The van der Waals surface area contributed by atoms with Gasteiger partial charge < -0.3 is 15.7 Å². The molecule has 0 saturated heterocycles. The molecule has 0 aliphatic rings. The van der Waals surface area contributed by atoms with Gasteiger partial charge in [-0.25, -0.2) is 4.79 Å². The fourth-order valence-corrected chi connectivity index (χ4v) is 1.76. The number of carbonyl (C=O) groups is 2. The molecule has 17 heavy (non-hydrogen) atoms. The van der Waals surface area contributed by atoms with Gasteiger partial charge in [-0.3, -0.25) is 4.79 Å². The quantitative estimate of drug-likeness (QED) is 0.701. The highest BCUT2D eigenvalue weighted by atomic mass is 16.4. The predicted octanol–water partition coefficient (Wildman–Crippen LogP) is 1.07. The number of hydrogen-bond donors (Lipinski definition) is 2. The average molecular weight is 244 g/mol. The molecular weight excluding hydrogens is 220 g/mol. The Bertz CT molecular complexity index is 277. The van der Waals surface area contributed by atoms with Crippen molar-refractivity contribution in [2.45, 2.75) is 46.1 Å². The minimum Gasteiger partial charge on any atom is -0.480 e. The molecule has 0 aromatic carbocycles. The largest absolute Gasteiger partial charge is 0.480 e. The number of rotatable bonds is 7. The van der Waals surface area contributed by atoms with Crippen LogP contribution < -0.4 is 5.73 Å². The Balaban J connectivity index is 4.77. The predicted molar refractivity (Wildman–Crippen MR) is 66.6 cm³/mol. The molecule has 0 aliphatic heterocycles. The van der Waals surface area contributed by atoms with Gasteiger partial charge in [0.1, 0.15) is 5.54 Å². The minimum atomic E-state index is -1.16. The topological polar surface area (TPSA) is 83.6 Å². The monoisotopic (exact) mass is 244 g/mol. The summed E-state index contributed by atoms with van der Waals surface area (Å²) in [6, 6.07) is 0. The van der Waals surface area contributed by atoms with Crippen LogP contribution in [0, 0.1) is 5.92 Å². The third kappa shape index (κ3) is 4.00. The fourth-order valence-electron chi connectivity index (χ4n) is 1.76. The Morgan fingerprint density at radius 3 is 2.29 bits per heavy atom. The molecule has 1 unspecified atom stereocenters. The maximum absolute atomic E-state index is 12.2. The molecule has 5 nitrogen and oxygen atoms in total. The van der Waals surface area contributed by atoms with Crippen LogP contribution in [0.25, 0.3) is 0 Å². The molecule has 5 heteroatoms. The number of carboxylic acid groups (broad SMARTS) is 1. The lowest BCUT2D eigenvalue weighted by Gasteiger charge is -2.36. The number of likely N-dealkylation sites (N-methyl/N-ethyl adjacent to an activating group) is 1. The fraction of sp³-hybridized carbons (Fsp3) is 0.833. The molecule has 0 aliphatic carbocycles. The van der Waals surface area contributed by atoms with Gasteiger partial charge in [-0.1, -0.05) is 6.92 Å². The highest BCUT2D eigenvalue weighted by Gasteiger charge is 2.38. The molecule has 0 aromatic heterocycles. The van der Waals surface area contributed by atoms with Gasteiger partial charge in [0, 0.05) is 12.5 Å². The summed E-state index contributed by atoms with van der Waals surface area (Å²) in [6.07, 6.45) is 1.47. The van der Waals surface area contributed by atoms with Crippen LogP contribution in [-0.4, -0.2) is 40.5 Å². The number of aliphatic carboxylic acids is 1. The second kappa shape index (κ2) is 6.59. The van der Waals surface area contributed by atoms with E-state index < -0.39 is 11.5 Å². The van der Waals surface area contributed by atoms with E-state index in [0.717, 1.165) is 6.42 Å². The Morgan fingerprint density at radius 2 is 1.94 bits per heavy atom. The van der Waals surface area contributed by atoms with E-state index in [4.69, 9.17) is 10.8 Å². The number of amides is 1. The zero-order valence-corrected chi connectivity index (χ0v) is 11.2. The third-order valence-corrected chi connectivity index (χ3v) is 3.04. The van der Waals surface area contributed by atoms with Gasteiger partial charge in [0.05, 0.1) is 0 Å². The molecule has 3 N–H and O–H groups in total. The van der Waals surface area contributed by atoms with Crippen molar-refractivity contribution in [1.82, 2.24) is 4.90 Å². The van der Waals surface area contributed by atoms with Crippen LogP contribution in [-0.2, 0) is 9.59 Å². The van der Waals surface area contributed by atoms with Crippen molar-refractivity contribution in [2.24, 2.45) is 11.7 Å². The highest BCUT2D eigenvalue weighted by Crippen LogP contribution is 2.19. The second-order valence-corrected chi connectivity index (χ2v) is 4.78. The molecule has 1 atom stereocenters. The van der Waals surface area contributed by atoms with Gasteiger partial charge in [0.2, 0.25) is 5.91 Å². The van der Waals surface area contributed by atoms with E-state index in [2.05, 4.69) is 0 Å². The van der Waals surface area contributed by atoms with Crippen molar-refractivity contribution in [3.63, 3.8) is 0 Å². The van der Waals surface area contributed by atoms with Gasteiger partial charge in [-0.05, 0) is 40.2 Å². The number of carboxylic acids is 1. The zero-order valence-electron chi connectivity index (χ0n) is 11.2. The molecule has 0 bridgehead atoms. The van der Waals surface area contributed by atoms with E-state index in [1.165, 1.54) is 4.90 Å². The number of nitrogens with two attached hydrogens (primary N) is 1. The summed E-state index contributed by atoms with van der Waals surface area (Å²) < 4.78 is 0. The number of hydrogen-bond acceptors (Lipinski definition) is 3. The van der Waals surface area contributed by atoms with E-state index in [-0.39, 0.29) is 11.8 Å². The van der Waals surface area contributed by atoms with Gasteiger partial charge >= 0.3 is 5.97 Å². The summed E-state index contributed by atoms with van der Waals surface area (Å²) in [5.41, 5.74) is 4.24. The van der Waals surface area contributed by atoms with Gasteiger partial charge in [-0.2, -0.15) is 0 Å². The SMILES string of the molecule is CCN(C(=O)C(C)CCCN)C(C)(C)C(=O)O. The molecule has 1 amide bonds. The second-order valence-electron chi connectivity index (χ2n) is 4.78. The molecule has 0 heterocycles. The summed E-state index contributed by atoms with van der Waals surface area (Å²) in [6.45, 7) is 7.65. The minimum absolute atomic E-state index is 0.117. The van der Waals surface area contributed by atoms with E-state index in [1.807, 2.05) is 6.92 Å². The molecule has 0 fully saturated rings. The first-order valence-corrected chi connectivity index (χ1v) is 6.03. The van der Waals surface area contributed by atoms with Crippen molar-refractivity contribution >= 4 is 11.9 Å². The summed E-state index contributed by atoms with van der Waals surface area (Å²) in [4.78, 5) is 24.7. The molecule has 0 rings (SSSR count). The van der Waals surface area contributed by atoms with Crippen LogP contribution in [0.2, 0.25) is 0 Å². The smallest absolute Gasteiger partial charge is 0.329 e. The summed E-state index contributed by atoms with van der Waals surface area (Å²) in [7, 11) is 0. The summed E-state index contributed by atoms with van der Waals surface area (Å²) in [5.74, 6) is -1.29. The van der Waals surface area contributed by atoms with Crippen molar-refractivity contribution < 1.29 is 14.7 Å². The van der Waals surface area contributed by atoms with Crippen LogP contribution >= 0.6 is 0 Å². The van der Waals surface area contributed by atoms with E-state index >= 15 is 0 Å². The Hall–Kier alpha value is -1.10. The van der Waals surface area contributed by atoms with E-state index in [9.17, 15) is 9.59 Å². The Morgan fingerprint density at radius 1 is 1.41 bits per heavy atom. The van der Waals surface area contributed by atoms with Crippen molar-refractivity contribution in [2.75, 3.05) is 13.1 Å². The van der Waals surface area contributed by atoms with Gasteiger partial charge in [0.15, 0.2) is 0 Å². The van der Waals surface area contributed by atoms with E-state index in [1.54, 1.807) is 20.8 Å². The van der Waals surface area contributed by atoms with Crippen molar-refractivity contribution in [1.29, 1.82) is 0 Å². The lowest BCUT2D eigenvalue weighted by molar-refractivity contribution is -0.158. The molecule has 0 saturated carbocycles. The van der Waals surface area contributed by atoms with Crippen LogP contribution in [0.1, 0.15) is 40.5 Å². The van der Waals surface area contributed by atoms with E-state index in [0.29, 0.717) is 19.5 Å². The lowest BCUT2D eigenvalue weighted by atomic mass is 9.97. The van der Waals surface area contributed by atoms with Crippen molar-refractivity contribution in [3.8, 4) is 0 Å². The van der Waals surface area contributed by atoms with Gasteiger partial charge in [-0.15, -0.1) is 0 Å².